The fraction of sp³-hybridized carbons (Fsp3) is 0.571. The molecular weight excluding hydrogens is 244 g/mol. The van der Waals surface area contributed by atoms with Crippen molar-refractivity contribution in [3.8, 4) is 0 Å². The number of hydrogen-bond acceptors (Lipinski definition) is 4. The van der Waals surface area contributed by atoms with Crippen LogP contribution in [0.3, 0.4) is 0 Å². The molecule has 19 heavy (non-hydrogen) atoms. The molecular formula is C14H20N2O3. The van der Waals surface area contributed by atoms with Gasteiger partial charge in [0.2, 0.25) is 0 Å². The summed E-state index contributed by atoms with van der Waals surface area (Å²) in [7, 11) is 1.76. The molecule has 1 aromatic carbocycles. The summed E-state index contributed by atoms with van der Waals surface area (Å²) < 4.78 is 5.49. The van der Waals surface area contributed by atoms with E-state index in [1.165, 1.54) is 12.8 Å². The molecule has 104 valence electrons. The predicted molar refractivity (Wildman–Crippen MR) is 73.0 cm³/mol. The molecule has 0 aliphatic heterocycles. The summed E-state index contributed by atoms with van der Waals surface area (Å²) in [4.78, 5) is 10.2. The Labute approximate surface area is 113 Å². The first kappa shape index (κ1) is 14.0. The Morgan fingerprint density at radius 1 is 1.32 bits per heavy atom. The Kier molecular flexibility index (Phi) is 4.87. The Morgan fingerprint density at radius 3 is 2.63 bits per heavy atom. The minimum Gasteiger partial charge on any atom is -0.380 e. The summed E-state index contributed by atoms with van der Waals surface area (Å²) >= 11 is 0. The topological polar surface area (TPSA) is 64.4 Å². The second kappa shape index (κ2) is 6.63. The number of nitrogens with zero attached hydrogens (tertiary/aromatic N) is 1. The zero-order chi connectivity index (χ0) is 13.7. The molecule has 1 fully saturated rings. The summed E-state index contributed by atoms with van der Waals surface area (Å²) in [5.74, 6) is 0. The van der Waals surface area contributed by atoms with Crippen LogP contribution in [0, 0.1) is 10.1 Å². The molecule has 2 unspecified atom stereocenters. The highest BCUT2D eigenvalue weighted by Gasteiger charge is 2.24. The second-order valence-corrected chi connectivity index (χ2v) is 4.97. The van der Waals surface area contributed by atoms with Crippen LogP contribution < -0.4 is 5.32 Å². The summed E-state index contributed by atoms with van der Waals surface area (Å²) in [5.41, 5.74) is 1.20. The molecule has 0 spiro atoms. The van der Waals surface area contributed by atoms with Crippen molar-refractivity contribution >= 4 is 5.69 Å². The van der Waals surface area contributed by atoms with Crippen LogP contribution in [0.2, 0.25) is 0 Å². The van der Waals surface area contributed by atoms with Crippen LogP contribution in [0.15, 0.2) is 24.3 Å². The van der Waals surface area contributed by atoms with Crippen molar-refractivity contribution < 1.29 is 9.66 Å². The minimum atomic E-state index is -0.376. The first-order valence-corrected chi connectivity index (χ1v) is 6.70. The van der Waals surface area contributed by atoms with Crippen LogP contribution in [0.5, 0.6) is 0 Å². The zero-order valence-corrected chi connectivity index (χ0v) is 11.2. The number of benzene rings is 1. The highest BCUT2D eigenvalue weighted by atomic mass is 16.6. The van der Waals surface area contributed by atoms with E-state index in [1.54, 1.807) is 31.4 Å². The van der Waals surface area contributed by atoms with Crippen molar-refractivity contribution in [2.75, 3.05) is 7.11 Å². The SMILES string of the molecule is COC1CCCCC1NCc1ccc([N+](=O)[O-])cc1. The molecule has 1 aliphatic carbocycles. The molecule has 1 saturated carbocycles. The lowest BCUT2D eigenvalue weighted by atomic mass is 9.92. The second-order valence-electron chi connectivity index (χ2n) is 4.97. The molecule has 0 amide bonds. The smallest absolute Gasteiger partial charge is 0.269 e. The van der Waals surface area contributed by atoms with E-state index in [0.29, 0.717) is 6.04 Å². The number of ether oxygens (including phenoxy) is 1. The third kappa shape index (κ3) is 3.75. The molecule has 1 aliphatic rings. The van der Waals surface area contributed by atoms with Gasteiger partial charge in [0.1, 0.15) is 0 Å². The molecule has 1 aromatic rings. The van der Waals surface area contributed by atoms with Crippen molar-refractivity contribution in [1.82, 2.24) is 5.32 Å². The van der Waals surface area contributed by atoms with Crippen molar-refractivity contribution in [2.24, 2.45) is 0 Å². The Morgan fingerprint density at radius 2 is 2.00 bits per heavy atom. The van der Waals surface area contributed by atoms with Gasteiger partial charge in [0.15, 0.2) is 0 Å². The first-order chi connectivity index (χ1) is 9.20. The quantitative estimate of drug-likeness (QED) is 0.656. The maximum Gasteiger partial charge on any atom is 0.269 e. The van der Waals surface area contributed by atoms with Crippen LogP contribution in [0.25, 0.3) is 0 Å². The average molecular weight is 264 g/mol. The van der Waals surface area contributed by atoms with Crippen molar-refractivity contribution in [2.45, 2.75) is 44.4 Å². The monoisotopic (exact) mass is 264 g/mol. The average Bonchev–Trinajstić information content (AvgIpc) is 2.45. The standard InChI is InChI=1S/C14H20N2O3/c1-19-14-5-3-2-4-13(14)15-10-11-6-8-12(9-7-11)16(17)18/h6-9,13-15H,2-5,10H2,1H3. The van der Waals surface area contributed by atoms with E-state index in [9.17, 15) is 10.1 Å². The van der Waals surface area contributed by atoms with Crippen molar-refractivity contribution in [1.29, 1.82) is 0 Å². The molecule has 0 aromatic heterocycles. The van der Waals surface area contributed by atoms with Gasteiger partial charge < -0.3 is 10.1 Å². The molecule has 2 atom stereocenters. The normalized spacial score (nSPS) is 23.2. The maximum absolute atomic E-state index is 10.6. The number of nitro groups is 1. The van der Waals surface area contributed by atoms with Crippen molar-refractivity contribution in [3.63, 3.8) is 0 Å². The first-order valence-electron chi connectivity index (χ1n) is 6.70. The number of rotatable bonds is 5. The van der Waals surface area contributed by atoms with E-state index in [2.05, 4.69) is 5.32 Å². The Balaban J connectivity index is 1.88. The van der Waals surface area contributed by atoms with Gasteiger partial charge in [0, 0.05) is 31.8 Å². The van der Waals surface area contributed by atoms with Crippen molar-refractivity contribution in [3.05, 3.63) is 39.9 Å². The van der Waals surface area contributed by atoms with Gasteiger partial charge in [-0.3, -0.25) is 10.1 Å². The molecule has 2 rings (SSSR count). The highest BCUT2D eigenvalue weighted by Crippen LogP contribution is 2.21. The maximum atomic E-state index is 10.6. The summed E-state index contributed by atoms with van der Waals surface area (Å²) in [6, 6.07) is 7.08. The van der Waals surface area contributed by atoms with E-state index in [-0.39, 0.29) is 16.7 Å². The largest absolute Gasteiger partial charge is 0.380 e. The van der Waals surface area contributed by atoms with Crippen LogP contribution in [0.1, 0.15) is 31.2 Å². The molecule has 5 heteroatoms. The molecule has 0 bridgehead atoms. The Hall–Kier alpha value is -1.46. The minimum absolute atomic E-state index is 0.135. The van der Waals surface area contributed by atoms with Crippen LogP contribution in [-0.4, -0.2) is 24.2 Å². The third-order valence-corrected chi connectivity index (χ3v) is 3.72. The lowest BCUT2D eigenvalue weighted by Gasteiger charge is -2.31. The van der Waals surface area contributed by atoms with Crippen LogP contribution in [-0.2, 0) is 11.3 Å². The van der Waals surface area contributed by atoms with Gasteiger partial charge in [-0.25, -0.2) is 0 Å². The highest BCUT2D eigenvalue weighted by molar-refractivity contribution is 5.32. The molecule has 0 heterocycles. The van der Waals surface area contributed by atoms with E-state index in [1.807, 2.05) is 0 Å². The fourth-order valence-electron chi connectivity index (χ4n) is 2.60. The van der Waals surface area contributed by atoms with E-state index < -0.39 is 0 Å². The van der Waals surface area contributed by atoms with Crippen LogP contribution in [0.4, 0.5) is 5.69 Å². The number of non-ortho nitro benzene ring substituents is 1. The van der Waals surface area contributed by atoms with Gasteiger partial charge in [-0.1, -0.05) is 25.0 Å². The predicted octanol–water partition coefficient (Wildman–Crippen LogP) is 2.64. The molecule has 0 saturated heterocycles. The summed E-state index contributed by atoms with van der Waals surface area (Å²) in [6.45, 7) is 0.725. The molecule has 1 N–H and O–H groups in total. The van der Waals surface area contributed by atoms with E-state index in [0.717, 1.165) is 24.9 Å². The third-order valence-electron chi connectivity index (χ3n) is 3.72. The fourth-order valence-corrected chi connectivity index (χ4v) is 2.60. The van der Waals surface area contributed by atoms with E-state index >= 15 is 0 Å². The van der Waals surface area contributed by atoms with Gasteiger partial charge in [0.25, 0.3) is 5.69 Å². The summed E-state index contributed by atoms with van der Waals surface area (Å²) in [5, 5.41) is 14.1. The summed E-state index contributed by atoms with van der Waals surface area (Å²) in [6.07, 6.45) is 4.98. The lowest BCUT2D eigenvalue weighted by Crippen LogP contribution is -2.42. The van der Waals surface area contributed by atoms with Gasteiger partial charge in [-0.05, 0) is 18.4 Å². The van der Waals surface area contributed by atoms with Crippen LogP contribution >= 0.6 is 0 Å². The lowest BCUT2D eigenvalue weighted by molar-refractivity contribution is -0.384. The zero-order valence-electron chi connectivity index (χ0n) is 11.2. The van der Waals surface area contributed by atoms with Gasteiger partial charge >= 0.3 is 0 Å². The van der Waals surface area contributed by atoms with Gasteiger partial charge in [0.05, 0.1) is 11.0 Å². The van der Waals surface area contributed by atoms with Gasteiger partial charge in [-0.2, -0.15) is 0 Å². The number of hydrogen-bond donors (Lipinski definition) is 1. The molecule has 5 nitrogen and oxygen atoms in total. The number of nitrogens with one attached hydrogen (secondary N) is 1. The van der Waals surface area contributed by atoms with Gasteiger partial charge in [-0.15, -0.1) is 0 Å². The number of methoxy groups -OCH3 is 1. The van der Waals surface area contributed by atoms with E-state index in [4.69, 9.17) is 4.74 Å². The number of nitro benzene ring substituents is 1. The Bertz CT molecular complexity index is 419. The molecule has 0 radical (unpaired) electrons.